The van der Waals surface area contributed by atoms with Crippen molar-refractivity contribution in [3.8, 4) is 0 Å². The summed E-state index contributed by atoms with van der Waals surface area (Å²) in [7, 11) is 1.33. The molecule has 0 heterocycles. The average molecular weight is 275 g/mol. The smallest absolute Gasteiger partial charge is 0.328 e. The molecular weight excluding hydrogens is 254 g/mol. The van der Waals surface area contributed by atoms with Gasteiger partial charge in [-0.05, 0) is 24.8 Å². The van der Waals surface area contributed by atoms with Crippen LogP contribution in [-0.4, -0.2) is 25.0 Å². The van der Waals surface area contributed by atoms with Gasteiger partial charge in [-0.3, -0.25) is 4.79 Å². The summed E-state index contributed by atoms with van der Waals surface area (Å²) in [5.41, 5.74) is 0.916. The summed E-state index contributed by atoms with van der Waals surface area (Å²) in [5, 5.41) is 2.73. The van der Waals surface area contributed by atoms with Crippen LogP contribution in [0.5, 0.6) is 0 Å². The fourth-order valence-electron chi connectivity index (χ4n) is 1.88. The van der Waals surface area contributed by atoms with Crippen LogP contribution in [-0.2, 0) is 20.7 Å². The zero-order chi connectivity index (χ0) is 14.8. The fraction of sp³-hybridized carbons (Fsp3) is 0.375. The largest absolute Gasteiger partial charge is 0.467 e. The Kier molecular flexibility index (Phi) is 7.11. The highest BCUT2D eigenvalue weighted by Crippen LogP contribution is 2.05. The van der Waals surface area contributed by atoms with Crippen molar-refractivity contribution < 1.29 is 14.3 Å². The Hall–Kier alpha value is -2.10. The molecule has 0 unspecified atom stereocenters. The first kappa shape index (κ1) is 16.0. The second kappa shape index (κ2) is 8.91. The van der Waals surface area contributed by atoms with E-state index in [2.05, 4.69) is 11.9 Å². The maximum atomic E-state index is 11.9. The number of allylic oxidation sites excluding steroid dienone is 1. The molecule has 4 nitrogen and oxygen atoms in total. The summed E-state index contributed by atoms with van der Waals surface area (Å²) in [4.78, 5) is 23.6. The van der Waals surface area contributed by atoms with Gasteiger partial charge in [0.1, 0.15) is 6.04 Å². The van der Waals surface area contributed by atoms with Gasteiger partial charge in [0.05, 0.1) is 13.5 Å². The molecule has 1 N–H and O–H groups in total. The number of methoxy groups -OCH3 is 1. The molecule has 1 aromatic carbocycles. The highest BCUT2D eigenvalue weighted by molar-refractivity contribution is 5.85. The molecule has 0 radical (unpaired) electrons. The van der Waals surface area contributed by atoms with E-state index in [0.717, 1.165) is 18.4 Å². The molecule has 1 atom stereocenters. The predicted octanol–water partition coefficient (Wildman–Crippen LogP) is 2.24. The van der Waals surface area contributed by atoms with Crippen LogP contribution in [0.15, 0.2) is 43.0 Å². The van der Waals surface area contributed by atoms with Crippen LogP contribution in [0.25, 0.3) is 0 Å². The van der Waals surface area contributed by atoms with Crippen LogP contribution in [0.1, 0.15) is 24.8 Å². The normalized spacial score (nSPS) is 11.4. The van der Waals surface area contributed by atoms with E-state index in [4.69, 9.17) is 4.74 Å². The van der Waals surface area contributed by atoms with Crippen LogP contribution in [0.4, 0.5) is 0 Å². The quantitative estimate of drug-likeness (QED) is 0.450. The number of carbonyl (C=O) groups excluding carboxylic acids is 2. The van der Waals surface area contributed by atoms with E-state index in [1.165, 1.54) is 7.11 Å². The van der Waals surface area contributed by atoms with Crippen LogP contribution in [0.3, 0.4) is 0 Å². The van der Waals surface area contributed by atoms with Crippen molar-refractivity contribution in [2.24, 2.45) is 0 Å². The molecule has 1 amide bonds. The number of ether oxygens (including phenoxy) is 1. The molecule has 0 aliphatic rings. The first-order valence-electron chi connectivity index (χ1n) is 6.69. The topological polar surface area (TPSA) is 55.4 Å². The molecular formula is C16H21NO3. The summed E-state index contributed by atoms with van der Waals surface area (Å²) in [6, 6.07) is 8.83. The fourth-order valence-corrected chi connectivity index (χ4v) is 1.88. The van der Waals surface area contributed by atoms with Crippen molar-refractivity contribution in [3.63, 3.8) is 0 Å². The van der Waals surface area contributed by atoms with Crippen molar-refractivity contribution >= 4 is 11.9 Å². The minimum atomic E-state index is -0.587. The van der Waals surface area contributed by atoms with Crippen LogP contribution in [0.2, 0.25) is 0 Å². The van der Waals surface area contributed by atoms with E-state index >= 15 is 0 Å². The minimum absolute atomic E-state index is 0.176. The molecule has 0 aromatic heterocycles. The van der Waals surface area contributed by atoms with E-state index < -0.39 is 12.0 Å². The predicted molar refractivity (Wildman–Crippen MR) is 78.1 cm³/mol. The number of carbonyl (C=O) groups is 2. The zero-order valence-electron chi connectivity index (χ0n) is 11.8. The third kappa shape index (κ3) is 5.69. The third-order valence-electron chi connectivity index (χ3n) is 2.93. The monoisotopic (exact) mass is 275 g/mol. The summed E-state index contributed by atoms with van der Waals surface area (Å²) >= 11 is 0. The first-order valence-corrected chi connectivity index (χ1v) is 6.69. The molecule has 0 saturated carbocycles. The molecule has 0 aliphatic heterocycles. The second-order valence-corrected chi connectivity index (χ2v) is 4.53. The molecule has 0 spiro atoms. The molecule has 0 bridgehead atoms. The van der Waals surface area contributed by atoms with E-state index in [1.807, 2.05) is 30.3 Å². The SMILES string of the molecule is C=CCCC[C@H](NC(=O)Cc1ccccc1)C(=O)OC. The van der Waals surface area contributed by atoms with E-state index in [-0.39, 0.29) is 12.3 Å². The lowest BCUT2D eigenvalue weighted by atomic mass is 10.1. The Balaban J connectivity index is 2.52. The van der Waals surface area contributed by atoms with Gasteiger partial charge < -0.3 is 10.1 Å². The average Bonchev–Trinajstić information content (AvgIpc) is 2.46. The number of esters is 1. The van der Waals surface area contributed by atoms with Crippen LogP contribution >= 0.6 is 0 Å². The number of nitrogens with one attached hydrogen (secondary N) is 1. The Morgan fingerprint density at radius 3 is 2.65 bits per heavy atom. The van der Waals surface area contributed by atoms with Gasteiger partial charge in [0.2, 0.25) is 5.91 Å². The van der Waals surface area contributed by atoms with Crippen LogP contribution < -0.4 is 5.32 Å². The zero-order valence-corrected chi connectivity index (χ0v) is 11.8. The molecule has 4 heteroatoms. The number of hydrogen-bond acceptors (Lipinski definition) is 3. The van der Waals surface area contributed by atoms with E-state index in [1.54, 1.807) is 6.08 Å². The Morgan fingerprint density at radius 2 is 2.05 bits per heavy atom. The van der Waals surface area contributed by atoms with Crippen molar-refractivity contribution in [1.29, 1.82) is 0 Å². The van der Waals surface area contributed by atoms with Gasteiger partial charge in [0.25, 0.3) is 0 Å². The van der Waals surface area contributed by atoms with Gasteiger partial charge in [-0.15, -0.1) is 6.58 Å². The number of hydrogen-bond donors (Lipinski definition) is 1. The third-order valence-corrected chi connectivity index (χ3v) is 2.93. The second-order valence-electron chi connectivity index (χ2n) is 4.53. The summed E-state index contributed by atoms with van der Waals surface area (Å²) < 4.78 is 4.71. The molecule has 1 rings (SSSR count). The van der Waals surface area contributed by atoms with Gasteiger partial charge in [-0.25, -0.2) is 4.79 Å². The van der Waals surface area contributed by atoms with Gasteiger partial charge in [-0.1, -0.05) is 36.4 Å². The molecule has 1 aromatic rings. The van der Waals surface area contributed by atoms with Gasteiger partial charge in [0.15, 0.2) is 0 Å². The highest BCUT2D eigenvalue weighted by Gasteiger charge is 2.20. The lowest BCUT2D eigenvalue weighted by Crippen LogP contribution is -2.42. The molecule has 0 saturated heterocycles. The number of amides is 1. The van der Waals surface area contributed by atoms with Crippen molar-refractivity contribution in [1.82, 2.24) is 5.32 Å². The summed E-state index contributed by atoms with van der Waals surface area (Å²) in [6.07, 6.45) is 4.20. The molecule has 0 aliphatic carbocycles. The van der Waals surface area contributed by atoms with Crippen molar-refractivity contribution in [2.45, 2.75) is 31.7 Å². The number of unbranched alkanes of at least 4 members (excludes halogenated alkanes) is 1. The summed E-state index contributed by atoms with van der Waals surface area (Å²) in [6.45, 7) is 3.64. The summed E-state index contributed by atoms with van der Waals surface area (Å²) in [5.74, 6) is -0.583. The van der Waals surface area contributed by atoms with Crippen molar-refractivity contribution in [3.05, 3.63) is 48.6 Å². The molecule has 20 heavy (non-hydrogen) atoms. The highest BCUT2D eigenvalue weighted by atomic mass is 16.5. The van der Waals surface area contributed by atoms with Gasteiger partial charge in [-0.2, -0.15) is 0 Å². The van der Waals surface area contributed by atoms with E-state index in [0.29, 0.717) is 6.42 Å². The first-order chi connectivity index (χ1) is 9.67. The lowest BCUT2D eigenvalue weighted by Gasteiger charge is -2.16. The number of rotatable bonds is 8. The Labute approximate surface area is 119 Å². The Morgan fingerprint density at radius 1 is 1.35 bits per heavy atom. The maximum Gasteiger partial charge on any atom is 0.328 e. The van der Waals surface area contributed by atoms with Gasteiger partial charge in [0, 0.05) is 0 Å². The lowest BCUT2D eigenvalue weighted by molar-refractivity contribution is -0.145. The number of benzene rings is 1. The van der Waals surface area contributed by atoms with Crippen LogP contribution in [0, 0.1) is 0 Å². The van der Waals surface area contributed by atoms with Gasteiger partial charge >= 0.3 is 5.97 Å². The molecule has 108 valence electrons. The minimum Gasteiger partial charge on any atom is -0.467 e. The molecule has 0 fully saturated rings. The van der Waals surface area contributed by atoms with E-state index in [9.17, 15) is 9.59 Å². The maximum absolute atomic E-state index is 11.9. The standard InChI is InChI=1S/C16H21NO3/c1-3-4-6-11-14(16(19)20-2)17-15(18)12-13-9-7-5-8-10-13/h3,5,7-10,14H,1,4,6,11-12H2,2H3,(H,17,18)/t14-/m0/s1. The van der Waals surface area contributed by atoms with Crippen molar-refractivity contribution in [2.75, 3.05) is 7.11 Å². The Bertz CT molecular complexity index is 442.